The zero-order valence-corrected chi connectivity index (χ0v) is 18.0. The number of halogens is 3. The first-order chi connectivity index (χ1) is 16.5. The van der Waals surface area contributed by atoms with Crippen molar-refractivity contribution in [3.63, 3.8) is 0 Å². The lowest BCUT2D eigenvalue weighted by molar-refractivity contribution is -0.135. The molecule has 0 amide bonds. The number of hydrogen-bond donors (Lipinski definition) is 0. The van der Waals surface area contributed by atoms with Gasteiger partial charge in [-0.1, -0.05) is 42.5 Å². The normalized spacial score (nSPS) is 14.2. The molecule has 0 radical (unpaired) electrons. The lowest BCUT2D eigenvalue weighted by Gasteiger charge is -2.37. The van der Waals surface area contributed by atoms with Crippen molar-refractivity contribution < 1.29 is 27.4 Å². The zero-order chi connectivity index (χ0) is 23.8. The highest BCUT2D eigenvalue weighted by Gasteiger charge is 2.37. The summed E-state index contributed by atoms with van der Waals surface area (Å²) in [6.07, 6.45) is 0. The number of rotatable bonds is 4. The van der Waals surface area contributed by atoms with Gasteiger partial charge < -0.3 is 14.4 Å². The Morgan fingerprint density at radius 3 is 2.26 bits per heavy atom. The van der Waals surface area contributed by atoms with E-state index in [4.69, 9.17) is 9.47 Å². The molecule has 0 bridgehead atoms. The maximum Gasteiger partial charge on any atom is 0.323 e. The van der Waals surface area contributed by atoms with Crippen molar-refractivity contribution in [2.75, 3.05) is 12.0 Å². The van der Waals surface area contributed by atoms with Gasteiger partial charge in [-0.15, -0.1) is 0 Å². The number of ether oxygens (including phenoxy) is 2. The van der Waals surface area contributed by atoms with Crippen molar-refractivity contribution in [1.82, 2.24) is 0 Å². The van der Waals surface area contributed by atoms with Gasteiger partial charge in [-0.2, -0.15) is 4.39 Å². The smallest absolute Gasteiger partial charge is 0.323 e. The van der Waals surface area contributed by atoms with Crippen molar-refractivity contribution in [3.8, 4) is 11.5 Å². The number of methoxy groups -OCH3 is 1. The molecule has 1 atom stereocenters. The molecule has 4 aromatic rings. The molecule has 0 saturated heterocycles. The van der Waals surface area contributed by atoms with Crippen LogP contribution in [0.3, 0.4) is 0 Å². The van der Waals surface area contributed by atoms with Crippen LogP contribution in [-0.2, 0) is 4.79 Å². The third-order valence-corrected chi connectivity index (χ3v) is 5.74. The third kappa shape index (κ3) is 3.55. The fourth-order valence-corrected chi connectivity index (χ4v) is 4.18. The van der Waals surface area contributed by atoms with Crippen LogP contribution < -0.4 is 14.4 Å². The molecule has 0 spiro atoms. The van der Waals surface area contributed by atoms with Crippen LogP contribution in [0.1, 0.15) is 17.0 Å². The summed E-state index contributed by atoms with van der Waals surface area (Å²) in [5.41, 5.74) is 3.48. The fraction of sp³-hybridized carbons (Fsp3) is 0.0741. The predicted octanol–water partition coefficient (Wildman–Crippen LogP) is 6.63. The highest BCUT2D eigenvalue weighted by molar-refractivity contribution is 5.95. The summed E-state index contributed by atoms with van der Waals surface area (Å²) in [6, 6.07) is 23.7. The Labute approximate surface area is 193 Å². The second kappa shape index (κ2) is 8.59. The first-order valence-corrected chi connectivity index (χ1v) is 10.5. The topological polar surface area (TPSA) is 38.8 Å². The Morgan fingerprint density at radius 2 is 1.50 bits per heavy atom. The van der Waals surface area contributed by atoms with Crippen LogP contribution in [0.5, 0.6) is 11.5 Å². The predicted molar refractivity (Wildman–Crippen MR) is 121 cm³/mol. The molecule has 1 heterocycles. The molecule has 0 N–H and O–H groups in total. The Hall–Kier alpha value is -4.26. The quantitative estimate of drug-likeness (QED) is 0.194. The zero-order valence-electron chi connectivity index (χ0n) is 18.0. The highest BCUT2D eigenvalue weighted by atomic mass is 19.2. The largest absolute Gasteiger partial charge is 0.497 e. The minimum atomic E-state index is -1.70. The molecule has 4 nitrogen and oxygen atoms in total. The monoisotopic (exact) mass is 461 g/mol. The summed E-state index contributed by atoms with van der Waals surface area (Å²) in [7, 11) is 1.54. The van der Waals surface area contributed by atoms with E-state index in [0.29, 0.717) is 28.6 Å². The van der Waals surface area contributed by atoms with E-state index in [2.05, 4.69) is 0 Å². The summed E-state index contributed by atoms with van der Waals surface area (Å²) >= 11 is 0. The summed E-state index contributed by atoms with van der Waals surface area (Å²) in [4.78, 5) is 15.4. The van der Waals surface area contributed by atoms with Gasteiger partial charge in [0.1, 0.15) is 11.7 Å². The van der Waals surface area contributed by atoms with Gasteiger partial charge in [-0.25, -0.2) is 8.78 Å². The van der Waals surface area contributed by atoms with Gasteiger partial charge in [0.05, 0.1) is 18.5 Å². The second-order valence-electron chi connectivity index (χ2n) is 7.68. The van der Waals surface area contributed by atoms with Crippen LogP contribution >= 0.6 is 0 Å². The number of fused-ring (bicyclic) bond motifs is 2. The van der Waals surface area contributed by atoms with Gasteiger partial charge in [-0.3, -0.25) is 4.79 Å². The number of esters is 1. The van der Waals surface area contributed by atoms with Gasteiger partial charge >= 0.3 is 5.97 Å². The van der Waals surface area contributed by atoms with Crippen molar-refractivity contribution >= 4 is 23.0 Å². The van der Waals surface area contributed by atoms with E-state index in [-0.39, 0.29) is 0 Å². The molecule has 0 saturated carbocycles. The van der Waals surface area contributed by atoms with E-state index in [1.54, 1.807) is 37.4 Å². The summed E-state index contributed by atoms with van der Waals surface area (Å²) in [5, 5.41) is 0. The van der Waals surface area contributed by atoms with Crippen molar-refractivity contribution in [1.29, 1.82) is 0 Å². The second-order valence-corrected chi connectivity index (χ2v) is 7.68. The number of carbonyl (C=O) groups excluding carboxylic acids is 1. The average Bonchev–Trinajstić information content (AvgIpc) is 2.87. The molecule has 0 aromatic heterocycles. The molecular weight excluding hydrogens is 443 g/mol. The first-order valence-electron chi connectivity index (χ1n) is 10.5. The molecular formula is C27H18F3NO3. The standard InChI is InChI=1S/C27H18F3NO3/c1-33-17-11-12-19-22(15-17)31(16-7-3-2-4-8-16)21-10-6-5-9-18(21)24(19)27(32)34-23-14-13-20(28)25(29)26(23)30/h2-15,24H,1H3. The lowest BCUT2D eigenvalue weighted by Crippen LogP contribution is -2.28. The number of anilines is 3. The van der Waals surface area contributed by atoms with E-state index in [1.165, 1.54) is 0 Å². The Morgan fingerprint density at radius 1 is 0.794 bits per heavy atom. The van der Waals surface area contributed by atoms with Gasteiger partial charge in [0, 0.05) is 11.8 Å². The molecule has 0 fully saturated rings. The Kier molecular flexibility index (Phi) is 5.45. The number of nitrogens with zero attached hydrogens (tertiary/aromatic N) is 1. The third-order valence-electron chi connectivity index (χ3n) is 5.74. The maximum atomic E-state index is 14.2. The molecule has 170 valence electrons. The number of benzene rings is 4. The molecule has 0 aliphatic carbocycles. The molecule has 1 aliphatic heterocycles. The van der Waals surface area contributed by atoms with Gasteiger partial charge in [0.25, 0.3) is 0 Å². The first kappa shape index (κ1) is 21.6. The molecule has 1 aliphatic rings. The molecule has 34 heavy (non-hydrogen) atoms. The Balaban J connectivity index is 1.66. The molecule has 1 unspecified atom stereocenters. The van der Waals surface area contributed by atoms with Gasteiger partial charge in [0.15, 0.2) is 17.4 Å². The number of carbonyl (C=O) groups is 1. The van der Waals surface area contributed by atoms with E-state index in [1.807, 2.05) is 47.4 Å². The minimum absolute atomic E-state index is 0.581. The van der Waals surface area contributed by atoms with Gasteiger partial charge in [-0.05, 0) is 47.5 Å². The summed E-state index contributed by atoms with van der Waals surface area (Å²) in [6.45, 7) is 0. The maximum absolute atomic E-state index is 14.2. The Bertz CT molecular complexity index is 1390. The van der Waals surface area contributed by atoms with Crippen LogP contribution in [0.25, 0.3) is 0 Å². The van der Waals surface area contributed by atoms with Crippen LogP contribution in [0, 0.1) is 17.5 Å². The van der Waals surface area contributed by atoms with Crippen molar-refractivity contribution in [2.24, 2.45) is 0 Å². The lowest BCUT2D eigenvalue weighted by atomic mass is 9.84. The van der Waals surface area contributed by atoms with E-state index >= 15 is 0 Å². The number of para-hydroxylation sites is 2. The number of hydrogen-bond acceptors (Lipinski definition) is 4. The van der Waals surface area contributed by atoms with E-state index in [9.17, 15) is 18.0 Å². The van der Waals surface area contributed by atoms with Crippen LogP contribution in [-0.4, -0.2) is 13.1 Å². The molecule has 7 heteroatoms. The fourth-order valence-electron chi connectivity index (χ4n) is 4.18. The van der Waals surface area contributed by atoms with Crippen molar-refractivity contribution in [2.45, 2.75) is 5.92 Å². The van der Waals surface area contributed by atoms with Crippen LogP contribution in [0.4, 0.5) is 30.2 Å². The van der Waals surface area contributed by atoms with E-state index < -0.39 is 35.1 Å². The van der Waals surface area contributed by atoms with E-state index in [0.717, 1.165) is 17.4 Å². The van der Waals surface area contributed by atoms with Crippen molar-refractivity contribution in [3.05, 3.63) is 114 Å². The summed E-state index contributed by atoms with van der Waals surface area (Å²) in [5.74, 6) is -6.48. The molecule has 5 rings (SSSR count). The van der Waals surface area contributed by atoms with Crippen LogP contribution in [0.2, 0.25) is 0 Å². The highest BCUT2D eigenvalue weighted by Crippen LogP contribution is 2.50. The van der Waals surface area contributed by atoms with Crippen LogP contribution in [0.15, 0.2) is 84.9 Å². The summed E-state index contributed by atoms with van der Waals surface area (Å²) < 4.78 is 52.0. The minimum Gasteiger partial charge on any atom is -0.497 e. The SMILES string of the molecule is COc1ccc2c(c1)N(c1ccccc1)c1ccccc1C2C(=O)Oc1ccc(F)c(F)c1F. The average molecular weight is 461 g/mol. The molecule has 4 aromatic carbocycles. The van der Waals surface area contributed by atoms with Gasteiger partial charge in [0.2, 0.25) is 5.82 Å².